The van der Waals surface area contributed by atoms with E-state index in [9.17, 15) is 14.0 Å². The second-order valence-electron chi connectivity index (χ2n) is 6.04. The molecule has 2 fully saturated rings. The molecule has 1 aliphatic carbocycles. The maximum absolute atomic E-state index is 13.7. The van der Waals surface area contributed by atoms with Gasteiger partial charge in [-0.15, -0.1) is 0 Å². The van der Waals surface area contributed by atoms with Crippen molar-refractivity contribution in [2.24, 2.45) is 0 Å². The van der Waals surface area contributed by atoms with Crippen molar-refractivity contribution in [2.75, 3.05) is 11.9 Å². The average molecular weight is 336 g/mol. The summed E-state index contributed by atoms with van der Waals surface area (Å²) in [4.78, 5) is 27.9. The van der Waals surface area contributed by atoms with Gasteiger partial charge in [-0.25, -0.2) is 14.1 Å². The molecule has 1 heterocycles. The van der Waals surface area contributed by atoms with Gasteiger partial charge in [-0.1, -0.05) is 11.6 Å². The first kappa shape index (κ1) is 15.8. The van der Waals surface area contributed by atoms with E-state index >= 15 is 0 Å². The number of imide groups is 1. The fourth-order valence-corrected chi connectivity index (χ4v) is 3.65. The Morgan fingerprint density at radius 2 is 2.13 bits per heavy atom. The molecule has 0 bridgehead atoms. The van der Waals surface area contributed by atoms with Crippen LogP contribution >= 0.6 is 11.6 Å². The Hall–Kier alpha value is -2.13. The van der Waals surface area contributed by atoms with E-state index in [1.54, 1.807) is 6.92 Å². The van der Waals surface area contributed by atoms with Crippen LogP contribution in [0.1, 0.15) is 30.4 Å². The molecule has 23 heavy (non-hydrogen) atoms. The molecule has 1 saturated carbocycles. The van der Waals surface area contributed by atoms with Crippen LogP contribution in [0.2, 0.25) is 5.02 Å². The number of alkyl halides is 1. The van der Waals surface area contributed by atoms with Gasteiger partial charge in [-0.2, -0.15) is 5.26 Å². The first-order valence-corrected chi connectivity index (χ1v) is 7.67. The van der Waals surface area contributed by atoms with Crippen molar-refractivity contribution in [3.05, 3.63) is 28.3 Å². The number of likely N-dealkylation sites (N-methyl/N-ethyl adjacent to an activating group) is 1. The van der Waals surface area contributed by atoms with Crippen LogP contribution in [0, 0.1) is 18.3 Å². The fourth-order valence-electron chi connectivity index (χ4n) is 3.45. The molecule has 0 unspecified atom stereocenters. The predicted molar refractivity (Wildman–Crippen MR) is 83.0 cm³/mol. The summed E-state index contributed by atoms with van der Waals surface area (Å²) < 4.78 is 13.7. The molecule has 3 rings (SSSR count). The van der Waals surface area contributed by atoms with Gasteiger partial charge in [0.1, 0.15) is 17.8 Å². The van der Waals surface area contributed by atoms with Crippen LogP contribution in [-0.4, -0.2) is 35.6 Å². The van der Waals surface area contributed by atoms with Gasteiger partial charge >= 0.3 is 6.03 Å². The number of anilines is 1. The molecule has 5 nitrogen and oxygen atoms in total. The molecular formula is C16H15ClFN3O2. The zero-order valence-electron chi connectivity index (χ0n) is 12.8. The minimum atomic E-state index is -1.11. The molecule has 2 atom stereocenters. The summed E-state index contributed by atoms with van der Waals surface area (Å²) >= 11 is 6.14. The third-order valence-electron chi connectivity index (χ3n) is 4.87. The summed E-state index contributed by atoms with van der Waals surface area (Å²) in [5.74, 6) is -0.422. The Morgan fingerprint density at radius 1 is 1.43 bits per heavy atom. The van der Waals surface area contributed by atoms with Crippen LogP contribution in [0.5, 0.6) is 0 Å². The van der Waals surface area contributed by atoms with Crippen molar-refractivity contribution < 1.29 is 14.0 Å². The number of nitriles is 1. The SMILES string of the molecule is Cc1c(N2C(=O)N(C)[C@]3(CC[C@H](F)C3)C2=O)ccc(C#N)c1Cl. The van der Waals surface area contributed by atoms with Crippen LogP contribution in [0.25, 0.3) is 0 Å². The van der Waals surface area contributed by atoms with E-state index in [2.05, 4.69) is 0 Å². The van der Waals surface area contributed by atoms with Gasteiger partial charge in [0.05, 0.1) is 16.3 Å². The number of benzene rings is 1. The molecule has 1 aromatic carbocycles. The lowest BCUT2D eigenvalue weighted by Gasteiger charge is -2.27. The standard InChI is InChI=1S/C16H15ClFN3O2/c1-9-12(4-3-10(8-19)13(9)17)21-14(22)16(20(2)15(21)23)6-5-11(18)7-16/h3-4,11H,5-7H2,1-2H3/t11-,16-/m0/s1. The number of carbonyl (C=O) groups is 2. The third-order valence-corrected chi connectivity index (χ3v) is 5.36. The number of halogens is 2. The van der Waals surface area contributed by atoms with E-state index in [4.69, 9.17) is 16.9 Å². The van der Waals surface area contributed by atoms with Crippen LogP contribution in [0.15, 0.2) is 12.1 Å². The largest absolute Gasteiger partial charge is 0.332 e. The van der Waals surface area contributed by atoms with Crippen molar-refractivity contribution >= 4 is 29.2 Å². The van der Waals surface area contributed by atoms with Gasteiger partial charge in [0, 0.05) is 13.5 Å². The number of rotatable bonds is 1. The number of urea groups is 1. The molecule has 7 heteroatoms. The van der Waals surface area contributed by atoms with E-state index in [-0.39, 0.29) is 23.4 Å². The number of hydrogen-bond acceptors (Lipinski definition) is 3. The lowest BCUT2D eigenvalue weighted by atomic mass is 9.96. The molecule has 3 amide bonds. The lowest BCUT2D eigenvalue weighted by molar-refractivity contribution is -0.124. The molecule has 120 valence electrons. The molecule has 0 N–H and O–H groups in total. The average Bonchev–Trinajstić information content (AvgIpc) is 3.00. The van der Waals surface area contributed by atoms with E-state index in [0.717, 1.165) is 4.90 Å². The Balaban J connectivity index is 2.09. The molecule has 1 spiro atoms. The highest BCUT2D eigenvalue weighted by atomic mass is 35.5. The van der Waals surface area contributed by atoms with Gasteiger partial charge in [0.15, 0.2) is 0 Å². The fraction of sp³-hybridized carbons (Fsp3) is 0.438. The van der Waals surface area contributed by atoms with Crippen molar-refractivity contribution in [2.45, 2.75) is 37.9 Å². The summed E-state index contributed by atoms with van der Waals surface area (Å²) in [5.41, 5.74) is -0.00832. The van der Waals surface area contributed by atoms with Crippen LogP contribution in [0.4, 0.5) is 14.9 Å². The molecular weight excluding hydrogens is 321 g/mol. The Bertz CT molecular complexity index is 760. The minimum absolute atomic E-state index is 0.0215. The molecule has 1 saturated heterocycles. The van der Waals surface area contributed by atoms with Gasteiger partial charge in [0.25, 0.3) is 5.91 Å². The summed E-state index contributed by atoms with van der Waals surface area (Å²) in [6.45, 7) is 1.65. The molecule has 0 aromatic heterocycles. The first-order chi connectivity index (χ1) is 10.8. The van der Waals surface area contributed by atoms with Gasteiger partial charge in [0.2, 0.25) is 0 Å². The van der Waals surface area contributed by atoms with Gasteiger partial charge < -0.3 is 4.90 Å². The normalized spacial score (nSPS) is 27.2. The van der Waals surface area contributed by atoms with Crippen LogP contribution in [0.3, 0.4) is 0 Å². The number of hydrogen-bond donors (Lipinski definition) is 0. The summed E-state index contributed by atoms with van der Waals surface area (Å²) in [5, 5.41) is 9.22. The monoisotopic (exact) mass is 335 g/mol. The number of amides is 3. The van der Waals surface area contributed by atoms with Crippen molar-refractivity contribution in [1.29, 1.82) is 5.26 Å². The maximum atomic E-state index is 13.7. The highest BCUT2D eigenvalue weighted by molar-refractivity contribution is 6.33. The first-order valence-electron chi connectivity index (χ1n) is 7.29. The van der Waals surface area contributed by atoms with Crippen molar-refractivity contribution in [3.8, 4) is 6.07 Å². The molecule has 0 radical (unpaired) electrons. The summed E-state index contributed by atoms with van der Waals surface area (Å²) in [6, 6.07) is 4.47. The van der Waals surface area contributed by atoms with E-state index in [1.807, 2.05) is 6.07 Å². The van der Waals surface area contributed by atoms with Gasteiger partial charge in [-0.05, 0) is 37.5 Å². The van der Waals surface area contributed by atoms with Gasteiger partial charge in [-0.3, -0.25) is 4.79 Å². The smallest absolute Gasteiger partial charge is 0.312 e. The summed E-state index contributed by atoms with van der Waals surface area (Å²) in [6.07, 6.45) is -0.480. The second-order valence-corrected chi connectivity index (χ2v) is 6.41. The highest BCUT2D eigenvalue weighted by Crippen LogP contribution is 2.44. The molecule has 1 aromatic rings. The third kappa shape index (κ3) is 2.03. The minimum Gasteiger partial charge on any atom is -0.312 e. The van der Waals surface area contributed by atoms with E-state index in [1.165, 1.54) is 24.1 Å². The van der Waals surface area contributed by atoms with E-state index < -0.39 is 23.6 Å². The molecule has 1 aliphatic heterocycles. The topological polar surface area (TPSA) is 64.4 Å². The second kappa shape index (κ2) is 5.20. The maximum Gasteiger partial charge on any atom is 0.332 e. The quantitative estimate of drug-likeness (QED) is 0.740. The van der Waals surface area contributed by atoms with Crippen LogP contribution in [-0.2, 0) is 4.79 Å². The highest BCUT2D eigenvalue weighted by Gasteiger charge is 2.59. The molecule has 2 aliphatic rings. The Kier molecular flexibility index (Phi) is 3.56. The predicted octanol–water partition coefficient (Wildman–Crippen LogP) is 3.18. The summed E-state index contributed by atoms with van der Waals surface area (Å²) in [7, 11) is 1.53. The zero-order chi connectivity index (χ0) is 16.9. The zero-order valence-corrected chi connectivity index (χ0v) is 13.5. The van der Waals surface area contributed by atoms with Crippen LogP contribution < -0.4 is 4.90 Å². The van der Waals surface area contributed by atoms with Crippen molar-refractivity contribution in [3.63, 3.8) is 0 Å². The van der Waals surface area contributed by atoms with E-state index in [0.29, 0.717) is 17.7 Å². The Morgan fingerprint density at radius 3 is 2.70 bits per heavy atom. The number of nitrogens with zero attached hydrogens (tertiary/aromatic N) is 3. The number of carbonyl (C=O) groups excluding carboxylic acids is 2. The lowest BCUT2D eigenvalue weighted by Crippen LogP contribution is -2.45. The van der Waals surface area contributed by atoms with Crippen molar-refractivity contribution in [1.82, 2.24) is 4.90 Å². The Labute approximate surface area is 138 Å².